The average Bonchev–Trinajstić information content (AvgIpc) is 2.40. The molecule has 0 fully saturated rings. The van der Waals surface area contributed by atoms with Crippen molar-refractivity contribution < 1.29 is 18.7 Å². The van der Waals surface area contributed by atoms with E-state index in [2.05, 4.69) is 0 Å². The fourth-order valence-electron chi connectivity index (χ4n) is 1.24. The van der Waals surface area contributed by atoms with Crippen molar-refractivity contribution in [1.29, 1.82) is 0 Å². The van der Waals surface area contributed by atoms with E-state index in [4.69, 9.17) is 9.47 Å². The van der Waals surface area contributed by atoms with E-state index in [0.29, 0.717) is 23.3 Å². The van der Waals surface area contributed by atoms with Crippen LogP contribution in [0.1, 0.15) is 10.4 Å². The van der Waals surface area contributed by atoms with Crippen LogP contribution in [0.25, 0.3) is 0 Å². The van der Waals surface area contributed by atoms with Gasteiger partial charge in [0, 0.05) is 5.56 Å². The Balaban J connectivity index is 2.31. The third kappa shape index (κ3) is 1.69. The average molecular weight is 196 g/mol. The van der Waals surface area contributed by atoms with E-state index in [1.807, 2.05) is 0 Å². The standard InChI is InChI=1S/C10H9FO3/c11-8-5-13-9-2-1-7(4-12)3-10(9)14-6-8/h1-4,8H,5-6H2. The van der Waals surface area contributed by atoms with Gasteiger partial charge in [-0.15, -0.1) is 0 Å². The number of halogens is 1. The number of aldehydes is 1. The highest BCUT2D eigenvalue weighted by Crippen LogP contribution is 2.30. The van der Waals surface area contributed by atoms with Gasteiger partial charge in [-0.3, -0.25) is 4.79 Å². The molecule has 0 saturated heterocycles. The van der Waals surface area contributed by atoms with Gasteiger partial charge in [0.15, 0.2) is 17.7 Å². The molecule has 0 aliphatic carbocycles. The van der Waals surface area contributed by atoms with Gasteiger partial charge in [-0.1, -0.05) is 0 Å². The molecule has 3 nitrogen and oxygen atoms in total. The molecule has 1 aliphatic rings. The van der Waals surface area contributed by atoms with E-state index in [1.165, 1.54) is 0 Å². The van der Waals surface area contributed by atoms with E-state index >= 15 is 0 Å². The molecule has 74 valence electrons. The van der Waals surface area contributed by atoms with Crippen LogP contribution >= 0.6 is 0 Å². The number of fused-ring (bicyclic) bond motifs is 1. The number of hydrogen-bond acceptors (Lipinski definition) is 3. The molecule has 1 aliphatic heterocycles. The molecular formula is C10H9FO3. The van der Waals surface area contributed by atoms with Gasteiger partial charge in [0.25, 0.3) is 0 Å². The minimum Gasteiger partial charge on any atom is -0.487 e. The minimum atomic E-state index is -1.12. The predicted molar refractivity (Wildman–Crippen MR) is 47.7 cm³/mol. The summed E-state index contributed by atoms with van der Waals surface area (Å²) in [6.45, 7) is -0.0389. The number of carbonyl (C=O) groups is 1. The number of benzene rings is 1. The number of hydrogen-bond donors (Lipinski definition) is 0. The Morgan fingerprint density at radius 3 is 2.71 bits per heavy atom. The van der Waals surface area contributed by atoms with Crippen molar-refractivity contribution in [2.75, 3.05) is 13.2 Å². The fourth-order valence-corrected chi connectivity index (χ4v) is 1.24. The predicted octanol–water partition coefficient (Wildman–Crippen LogP) is 1.61. The van der Waals surface area contributed by atoms with Crippen LogP contribution in [0.5, 0.6) is 11.5 Å². The molecule has 0 bridgehead atoms. The Morgan fingerprint density at radius 1 is 1.29 bits per heavy atom. The first kappa shape index (κ1) is 8.99. The second-order valence-corrected chi connectivity index (χ2v) is 3.04. The fraction of sp³-hybridized carbons (Fsp3) is 0.300. The molecule has 0 amide bonds. The van der Waals surface area contributed by atoms with Crippen molar-refractivity contribution in [2.24, 2.45) is 0 Å². The maximum absolute atomic E-state index is 12.9. The van der Waals surface area contributed by atoms with Gasteiger partial charge < -0.3 is 9.47 Å². The third-order valence-corrected chi connectivity index (χ3v) is 1.94. The summed E-state index contributed by atoms with van der Waals surface area (Å²) in [6, 6.07) is 4.76. The lowest BCUT2D eigenvalue weighted by atomic mass is 10.2. The largest absolute Gasteiger partial charge is 0.487 e. The zero-order valence-corrected chi connectivity index (χ0v) is 7.40. The third-order valence-electron chi connectivity index (χ3n) is 1.94. The zero-order chi connectivity index (χ0) is 9.97. The van der Waals surface area contributed by atoms with E-state index in [9.17, 15) is 9.18 Å². The van der Waals surface area contributed by atoms with E-state index in [0.717, 1.165) is 0 Å². The number of alkyl halides is 1. The molecule has 14 heavy (non-hydrogen) atoms. The summed E-state index contributed by atoms with van der Waals surface area (Å²) in [5.41, 5.74) is 0.490. The van der Waals surface area contributed by atoms with Gasteiger partial charge >= 0.3 is 0 Å². The summed E-state index contributed by atoms with van der Waals surface area (Å²) in [4.78, 5) is 10.5. The van der Waals surface area contributed by atoms with E-state index < -0.39 is 6.17 Å². The molecule has 1 atom stereocenters. The molecule has 1 heterocycles. The van der Waals surface area contributed by atoms with Crippen molar-refractivity contribution in [1.82, 2.24) is 0 Å². The van der Waals surface area contributed by atoms with Gasteiger partial charge in [0.2, 0.25) is 0 Å². The summed E-state index contributed by atoms with van der Waals surface area (Å²) in [7, 11) is 0. The summed E-state index contributed by atoms with van der Waals surface area (Å²) in [6.07, 6.45) is -0.413. The molecule has 1 aromatic carbocycles. The molecule has 0 aromatic heterocycles. The molecule has 1 unspecified atom stereocenters. The number of rotatable bonds is 1. The van der Waals surface area contributed by atoms with Crippen LogP contribution in [-0.4, -0.2) is 25.7 Å². The Kier molecular flexibility index (Phi) is 2.35. The molecule has 4 heteroatoms. The summed E-state index contributed by atoms with van der Waals surface area (Å²) in [5.74, 6) is 0.908. The van der Waals surface area contributed by atoms with Crippen molar-refractivity contribution >= 4 is 6.29 Å². The quantitative estimate of drug-likeness (QED) is 0.640. The molecule has 0 saturated carbocycles. The summed E-state index contributed by atoms with van der Waals surface area (Å²) < 4.78 is 23.2. The van der Waals surface area contributed by atoms with Gasteiger partial charge in [0.05, 0.1) is 0 Å². The minimum absolute atomic E-state index is 0.00651. The Morgan fingerprint density at radius 2 is 2.00 bits per heavy atom. The van der Waals surface area contributed by atoms with E-state index in [1.54, 1.807) is 18.2 Å². The molecular weight excluding hydrogens is 187 g/mol. The van der Waals surface area contributed by atoms with Crippen LogP contribution in [0.15, 0.2) is 18.2 Å². The molecule has 0 radical (unpaired) electrons. The van der Waals surface area contributed by atoms with Crippen molar-refractivity contribution in [3.05, 3.63) is 23.8 Å². The lowest BCUT2D eigenvalue weighted by Crippen LogP contribution is -2.17. The molecule has 2 rings (SSSR count). The number of carbonyl (C=O) groups excluding carboxylic acids is 1. The Hall–Kier alpha value is -1.58. The van der Waals surface area contributed by atoms with Crippen LogP contribution < -0.4 is 9.47 Å². The molecule has 0 N–H and O–H groups in total. The van der Waals surface area contributed by atoms with Gasteiger partial charge in [0.1, 0.15) is 19.5 Å². The van der Waals surface area contributed by atoms with Crippen molar-refractivity contribution in [2.45, 2.75) is 6.17 Å². The first-order chi connectivity index (χ1) is 6.79. The smallest absolute Gasteiger partial charge is 0.168 e. The van der Waals surface area contributed by atoms with Crippen LogP contribution in [0, 0.1) is 0 Å². The highest BCUT2D eigenvalue weighted by molar-refractivity contribution is 5.76. The van der Waals surface area contributed by atoms with Crippen LogP contribution in [-0.2, 0) is 0 Å². The van der Waals surface area contributed by atoms with Crippen LogP contribution in [0.4, 0.5) is 4.39 Å². The lowest BCUT2D eigenvalue weighted by Gasteiger charge is -2.05. The normalized spacial score (nSPS) is 19.9. The van der Waals surface area contributed by atoms with Crippen LogP contribution in [0.3, 0.4) is 0 Å². The summed E-state index contributed by atoms with van der Waals surface area (Å²) >= 11 is 0. The van der Waals surface area contributed by atoms with Crippen molar-refractivity contribution in [3.63, 3.8) is 0 Å². The first-order valence-electron chi connectivity index (χ1n) is 4.28. The molecule has 0 spiro atoms. The maximum atomic E-state index is 12.9. The van der Waals surface area contributed by atoms with Gasteiger partial charge in [-0.25, -0.2) is 4.39 Å². The maximum Gasteiger partial charge on any atom is 0.168 e. The van der Waals surface area contributed by atoms with E-state index in [-0.39, 0.29) is 13.2 Å². The Labute approximate surface area is 80.4 Å². The second kappa shape index (κ2) is 3.65. The first-order valence-corrected chi connectivity index (χ1v) is 4.28. The van der Waals surface area contributed by atoms with Gasteiger partial charge in [-0.2, -0.15) is 0 Å². The van der Waals surface area contributed by atoms with Gasteiger partial charge in [-0.05, 0) is 18.2 Å². The highest BCUT2D eigenvalue weighted by Gasteiger charge is 2.17. The van der Waals surface area contributed by atoms with Crippen LogP contribution in [0.2, 0.25) is 0 Å². The Bertz CT molecular complexity index is 351. The lowest BCUT2D eigenvalue weighted by molar-refractivity contribution is 0.112. The highest BCUT2D eigenvalue weighted by atomic mass is 19.1. The topological polar surface area (TPSA) is 35.5 Å². The summed E-state index contributed by atoms with van der Waals surface area (Å²) in [5, 5.41) is 0. The SMILES string of the molecule is O=Cc1ccc2c(c1)OCC(F)CO2. The monoisotopic (exact) mass is 196 g/mol. The second-order valence-electron chi connectivity index (χ2n) is 3.04. The van der Waals surface area contributed by atoms with Crippen molar-refractivity contribution in [3.8, 4) is 11.5 Å². The zero-order valence-electron chi connectivity index (χ0n) is 7.40. The number of ether oxygens (including phenoxy) is 2. The molecule has 1 aromatic rings.